The second-order valence-electron chi connectivity index (χ2n) is 25.4. The molecule has 0 aromatic carbocycles. The minimum absolute atomic E-state index is 0.105. The Morgan fingerprint density at radius 1 is 0.307 bits per heavy atom. The lowest BCUT2D eigenvalue weighted by Gasteiger charge is -2.21. The Hall–Kier alpha value is -1.94. The predicted molar refractivity (Wildman–Crippen MR) is 354 cm³/mol. The van der Waals surface area contributed by atoms with Crippen molar-refractivity contribution in [2.24, 2.45) is 5.92 Å². The number of ether oxygens (including phenoxy) is 4. The Labute approximate surface area is 537 Å². The number of aliphatic hydroxyl groups is 1. The van der Waals surface area contributed by atoms with Gasteiger partial charge in [-0.15, -0.1) is 0 Å². The molecule has 88 heavy (non-hydrogen) atoms. The van der Waals surface area contributed by atoms with Gasteiger partial charge in [0.15, 0.2) is 12.2 Å². The van der Waals surface area contributed by atoms with Gasteiger partial charge in [-0.2, -0.15) is 0 Å². The van der Waals surface area contributed by atoms with Crippen molar-refractivity contribution in [2.45, 2.75) is 374 Å². The van der Waals surface area contributed by atoms with Gasteiger partial charge in [0, 0.05) is 25.7 Å². The molecule has 0 aliphatic heterocycles. The molecule has 0 spiro atoms. The van der Waals surface area contributed by atoms with E-state index in [0.717, 1.165) is 102 Å². The van der Waals surface area contributed by atoms with Crippen molar-refractivity contribution in [1.82, 2.24) is 0 Å². The average molecular weight is 1300 g/mol. The zero-order valence-electron chi connectivity index (χ0n) is 56.9. The van der Waals surface area contributed by atoms with Crippen molar-refractivity contribution >= 4 is 39.5 Å². The van der Waals surface area contributed by atoms with E-state index < -0.39 is 97.5 Å². The summed E-state index contributed by atoms with van der Waals surface area (Å²) >= 11 is 0. The molecule has 5 atom stereocenters. The topological polar surface area (TPSA) is 237 Å². The molecule has 0 aromatic rings. The maximum Gasteiger partial charge on any atom is 0.472 e. The molecule has 19 heteroatoms. The van der Waals surface area contributed by atoms with E-state index >= 15 is 0 Å². The van der Waals surface area contributed by atoms with Crippen LogP contribution in [0.2, 0.25) is 0 Å². The fraction of sp³-hybridized carbons (Fsp3) is 0.942. The summed E-state index contributed by atoms with van der Waals surface area (Å²) in [6, 6.07) is 0. The molecule has 0 aromatic heterocycles. The summed E-state index contributed by atoms with van der Waals surface area (Å²) in [5, 5.41) is 10.5. The Kier molecular flexibility index (Phi) is 61.1. The number of aliphatic hydroxyl groups excluding tert-OH is 1. The van der Waals surface area contributed by atoms with Crippen LogP contribution in [-0.2, 0) is 65.4 Å². The van der Waals surface area contributed by atoms with Crippen molar-refractivity contribution in [3.8, 4) is 0 Å². The Morgan fingerprint density at radius 2 is 0.523 bits per heavy atom. The molecule has 0 rings (SSSR count). The first-order valence-electron chi connectivity index (χ1n) is 36.1. The van der Waals surface area contributed by atoms with Crippen LogP contribution in [0.3, 0.4) is 0 Å². The van der Waals surface area contributed by atoms with Crippen LogP contribution in [-0.4, -0.2) is 96.7 Å². The zero-order valence-corrected chi connectivity index (χ0v) is 58.6. The number of carbonyl (C=O) groups excluding carboxylic acids is 4. The number of hydrogen-bond donors (Lipinski definition) is 3. The molecule has 3 N–H and O–H groups in total. The number of esters is 4. The third-order valence-electron chi connectivity index (χ3n) is 16.0. The van der Waals surface area contributed by atoms with Crippen molar-refractivity contribution in [3.63, 3.8) is 0 Å². The van der Waals surface area contributed by atoms with Crippen LogP contribution in [0, 0.1) is 5.92 Å². The van der Waals surface area contributed by atoms with E-state index in [-0.39, 0.29) is 25.7 Å². The quantitative estimate of drug-likeness (QED) is 0.0222. The molecule has 0 radical (unpaired) electrons. The highest BCUT2D eigenvalue weighted by atomic mass is 31.2. The smallest absolute Gasteiger partial charge is 0.462 e. The van der Waals surface area contributed by atoms with Gasteiger partial charge in [-0.3, -0.25) is 37.3 Å². The van der Waals surface area contributed by atoms with Crippen molar-refractivity contribution in [2.75, 3.05) is 39.6 Å². The van der Waals surface area contributed by atoms with E-state index in [0.29, 0.717) is 25.7 Å². The van der Waals surface area contributed by atoms with Gasteiger partial charge < -0.3 is 33.8 Å². The normalized spacial score (nSPS) is 14.1. The van der Waals surface area contributed by atoms with Crippen LogP contribution in [0.5, 0.6) is 0 Å². The first-order valence-corrected chi connectivity index (χ1v) is 39.1. The summed E-state index contributed by atoms with van der Waals surface area (Å²) in [7, 11) is -9.88. The third kappa shape index (κ3) is 62.8. The zero-order chi connectivity index (χ0) is 64.9. The maximum atomic E-state index is 13.0. The molecule has 0 heterocycles. The largest absolute Gasteiger partial charge is 0.472 e. The summed E-state index contributed by atoms with van der Waals surface area (Å²) in [5.74, 6) is -1.34. The molecule has 0 fully saturated rings. The number of phosphoric ester groups is 2. The second-order valence-corrected chi connectivity index (χ2v) is 28.3. The van der Waals surface area contributed by atoms with Gasteiger partial charge in [0.2, 0.25) is 0 Å². The molecule has 0 aliphatic rings. The van der Waals surface area contributed by atoms with E-state index in [9.17, 15) is 43.2 Å². The standard InChI is InChI=1S/C69H134O17P2/c1-6-9-12-15-17-19-20-21-22-23-24-28-31-35-38-43-48-53-67(72)80-59-65(86-69(74)55-50-45-40-36-32-29-26-25-27-30-34-37-42-46-51-62(4)5)61-84-88(77,78)82-57-63(70)56-81-87(75,76)83-60-64(58-79-66(71)52-47-41-14-11-8-3)85-68(73)54-49-44-39-33-18-16-13-10-7-2/h62-65,70H,6-61H2,1-5H3,(H,75,76)(H,77,78)/t63-,64+,65+/m0/s1. The molecule has 0 bridgehead atoms. The highest BCUT2D eigenvalue weighted by Gasteiger charge is 2.30. The minimum atomic E-state index is -4.95. The Bertz CT molecular complexity index is 1700. The summed E-state index contributed by atoms with van der Waals surface area (Å²) in [4.78, 5) is 72.1. The molecule has 0 aliphatic carbocycles. The van der Waals surface area contributed by atoms with Crippen molar-refractivity contribution in [3.05, 3.63) is 0 Å². The first-order chi connectivity index (χ1) is 42.5. The molecular formula is C69H134O17P2. The van der Waals surface area contributed by atoms with Crippen molar-refractivity contribution in [1.29, 1.82) is 0 Å². The SMILES string of the molecule is CCCCCCCCCCCCCCCCCCCC(=O)OC[C@H](COP(=O)(O)OC[C@@H](O)COP(=O)(O)OC[C@@H](COC(=O)CCCCCCC)OC(=O)CCCCCCCCCCC)OC(=O)CCCCCCCCCCCCCCCCC(C)C. The van der Waals surface area contributed by atoms with E-state index in [4.69, 9.17) is 37.0 Å². The number of carbonyl (C=O) groups is 4. The lowest BCUT2D eigenvalue weighted by atomic mass is 10.0. The molecular weight excluding hydrogens is 1160 g/mol. The van der Waals surface area contributed by atoms with E-state index in [1.54, 1.807) is 0 Å². The number of rotatable bonds is 69. The summed E-state index contributed by atoms with van der Waals surface area (Å²) in [6.45, 7) is 7.16. The van der Waals surface area contributed by atoms with Crippen LogP contribution in [0.25, 0.3) is 0 Å². The van der Waals surface area contributed by atoms with Gasteiger partial charge in [0.05, 0.1) is 26.4 Å². The van der Waals surface area contributed by atoms with Gasteiger partial charge >= 0.3 is 39.5 Å². The predicted octanol–water partition coefficient (Wildman–Crippen LogP) is 19.7. The molecule has 17 nitrogen and oxygen atoms in total. The van der Waals surface area contributed by atoms with Gasteiger partial charge in [-0.1, -0.05) is 304 Å². The van der Waals surface area contributed by atoms with E-state index in [1.807, 2.05) is 0 Å². The highest BCUT2D eigenvalue weighted by molar-refractivity contribution is 7.47. The Morgan fingerprint density at radius 3 is 0.773 bits per heavy atom. The average Bonchev–Trinajstić information content (AvgIpc) is 3.52. The maximum absolute atomic E-state index is 13.0. The van der Waals surface area contributed by atoms with Crippen LogP contribution in [0.4, 0.5) is 0 Å². The monoisotopic (exact) mass is 1300 g/mol. The van der Waals surface area contributed by atoms with Gasteiger partial charge in [-0.05, 0) is 31.6 Å². The molecule has 0 amide bonds. The lowest BCUT2D eigenvalue weighted by molar-refractivity contribution is -0.161. The molecule has 522 valence electrons. The first kappa shape index (κ1) is 86.1. The number of phosphoric acid groups is 2. The third-order valence-corrected chi connectivity index (χ3v) is 17.9. The van der Waals surface area contributed by atoms with Gasteiger partial charge in [-0.25, -0.2) is 9.13 Å². The Balaban J connectivity index is 5.14. The van der Waals surface area contributed by atoms with Gasteiger partial charge in [0.25, 0.3) is 0 Å². The highest BCUT2D eigenvalue weighted by Crippen LogP contribution is 2.45. The van der Waals surface area contributed by atoms with Gasteiger partial charge in [0.1, 0.15) is 19.3 Å². The molecule has 2 unspecified atom stereocenters. The minimum Gasteiger partial charge on any atom is -0.462 e. The fourth-order valence-electron chi connectivity index (χ4n) is 10.5. The van der Waals surface area contributed by atoms with Crippen LogP contribution >= 0.6 is 15.6 Å². The second kappa shape index (κ2) is 62.5. The van der Waals surface area contributed by atoms with Crippen LogP contribution in [0.1, 0.15) is 356 Å². The van der Waals surface area contributed by atoms with E-state index in [1.165, 1.54) is 173 Å². The number of unbranched alkanes of at least 4 members (excludes halogenated alkanes) is 41. The van der Waals surface area contributed by atoms with Crippen LogP contribution in [0.15, 0.2) is 0 Å². The van der Waals surface area contributed by atoms with E-state index in [2.05, 4.69) is 34.6 Å². The lowest BCUT2D eigenvalue weighted by Crippen LogP contribution is -2.30. The summed E-state index contributed by atoms with van der Waals surface area (Å²) in [6.07, 6.45) is 49.0. The van der Waals surface area contributed by atoms with Crippen molar-refractivity contribution < 1.29 is 80.2 Å². The summed E-state index contributed by atoms with van der Waals surface area (Å²) < 4.78 is 68.0. The van der Waals surface area contributed by atoms with Crippen LogP contribution < -0.4 is 0 Å². The fourth-order valence-corrected chi connectivity index (χ4v) is 12.0. The summed E-state index contributed by atoms with van der Waals surface area (Å²) in [5.41, 5.74) is 0. The molecule has 0 saturated carbocycles. The molecule has 0 saturated heterocycles. The number of hydrogen-bond acceptors (Lipinski definition) is 15.